The van der Waals surface area contributed by atoms with Crippen molar-refractivity contribution in [3.8, 4) is 11.5 Å². The molecule has 1 aliphatic rings. The third-order valence-electron chi connectivity index (χ3n) is 4.88. The summed E-state index contributed by atoms with van der Waals surface area (Å²) in [5.41, 5.74) is 1.58. The van der Waals surface area contributed by atoms with Crippen molar-refractivity contribution in [2.75, 3.05) is 7.11 Å². The zero-order chi connectivity index (χ0) is 20.9. The van der Waals surface area contributed by atoms with E-state index in [1.165, 1.54) is 11.3 Å². The Morgan fingerprint density at radius 1 is 1.30 bits per heavy atom. The van der Waals surface area contributed by atoms with Gasteiger partial charge in [0.25, 0.3) is 0 Å². The number of hydrogen-bond acceptors (Lipinski definition) is 7. The van der Waals surface area contributed by atoms with Gasteiger partial charge in [-0.25, -0.2) is 4.98 Å². The second kappa shape index (κ2) is 9.32. The molecule has 0 aliphatic heterocycles. The fraction of sp³-hybridized carbons (Fsp3) is 0.364. The molecule has 158 valence electrons. The number of amides is 1. The van der Waals surface area contributed by atoms with Crippen LogP contribution in [0.3, 0.4) is 0 Å². The maximum absolute atomic E-state index is 12.8. The Kier molecular flexibility index (Phi) is 6.35. The summed E-state index contributed by atoms with van der Waals surface area (Å²) in [6.45, 7) is 1.09. The standard InChI is InChI=1S/C22H24N2O5S/c1-27-19-7-4-15(9-20(19)29-13-21-23-17(12-25)14-30-21)10-24(22(26)16-5-6-16)11-18-3-2-8-28-18/h2-4,7-9,14,16,25H,5-6,10-13H2,1H3. The first-order valence-electron chi connectivity index (χ1n) is 9.81. The quantitative estimate of drug-likeness (QED) is 0.529. The molecule has 0 atom stereocenters. The van der Waals surface area contributed by atoms with Crippen LogP contribution in [0.1, 0.15) is 34.9 Å². The lowest BCUT2D eigenvalue weighted by atomic mass is 10.1. The summed E-state index contributed by atoms with van der Waals surface area (Å²) in [6, 6.07) is 9.39. The highest BCUT2D eigenvalue weighted by molar-refractivity contribution is 7.09. The molecule has 0 spiro atoms. The lowest BCUT2D eigenvalue weighted by molar-refractivity contribution is -0.134. The van der Waals surface area contributed by atoms with Crippen molar-refractivity contribution in [3.63, 3.8) is 0 Å². The number of thiazole rings is 1. The van der Waals surface area contributed by atoms with Crippen molar-refractivity contribution >= 4 is 17.2 Å². The molecule has 1 aliphatic carbocycles. The summed E-state index contributed by atoms with van der Waals surface area (Å²) in [6.07, 6.45) is 3.53. The van der Waals surface area contributed by atoms with Crippen LogP contribution in [-0.4, -0.2) is 28.0 Å². The van der Waals surface area contributed by atoms with Crippen LogP contribution in [0.15, 0.2) is 46.4 Å². The van der Waals surface area contributed by atoms with Crippen LogP contribution < -0.4 is 9.47 Å². The normalized spacial score (nSPS) is 13.3. The van der Waals surface area contributed by atoms with Crippen molar-refractivity contribution in [1.82, 2.24) is 9.88 Å². The lowest BCUT2D eigenvalue weighted by Gasteiger charge is -2.22. The molecule has 1 aromatic carbocycles. The van der Waals surface area contributed by atoms with Gasteiger partial charge in [0.15, 0.2) is 11.5 Å². The van der Waals surface area contributed by atoms with Crippen LogP contribution in [0.25, 0.3) is 0 Å². The van der Waals surface area contributed by atoms with E-state index in [9.17, 15) is 4.79 Å². The molecule has 1 saturated carbocycles. The average Bonchev–Trinajstić information content (AvgIpc) is 3.29. The minimum atomic E-state index is -0.0875. The molecular formula is C22H24N2O5S. The van der Waals surface area contributed by atoms with E-state index in [-0.39, 0.29) is 25.0 Å². The molecule has 4 rings (SSSR count). The first-order chi connectivity index (χ1) is 14.7. The molecule has 3 aromatic rings. The number of benzene rings is 1. The van der Waals surface area contributed by atoms with Crippen molar-refractivity contribution in [1.29, 1.82) is 0 Å². The summed E-state index contributed by atoms with van der Waals surface area (Å²) in [4.78, 5) is 18.9. The van der Waals surface area contributed by atoms with Gasteiger partial charge in [0.05, 0.1) is 32.2 Å². The van der Waals surface area contributed by atoms with E-state index in [0.717, 1.165) is 29.2 Å². The number of methoxy groups -OCH3 is 1. The maximum Gasteiger partial charge on any atom is 0.226 e. The summed E-state index contributed by atoms with van der Waals surface area (Å²) >= 11 is 1.44. The second-order valence-corrected chi connectivity index (χ2v) is 8.16. The minimum absolute atomic E-state index is 0.0875. The number of aromatic nitrogens is 1. The van der Waals surface area contributed by atoms with Gasteiger partial charge in [0.1, 0.15) is 17.4 Å². The molecular weight excluding hydrogens is 404 g/mol. The molecule has 0 unspecified atom stereocenters. The zero-order valence-electron chi connectivity index (χ0n) is 16.7. The van der Waals surface area contributed by atoms with Crippen LogP contribution in [0.5, 0.6) is 11.5 Å². The van der Waals surface area contributed by atoms with Crippen molar-refractivity contribution in [3.05, 3.63) is 64.0 Å². The van der Waals surface area contributed by atoms with Crippen molar-refractivity contribution in [2.45, 2.75) is 39.1 Å². The van der Waals surface area contributed by atoms with Gasteiger partial charge < -0.3 is 23.9 Å². The van der Waals surface area contributed by atoms with Gasteiger partial charge in [0.2, 0.25) is 5.91 Å². The number of nitrogens with zero attached hydrogens (tertiary/aromatic N) is 2. The lowest BCUT2D eigenvalue weighted by Crippen LogP contribution is -2.31. The van der Waals surface area contributed by atoms with Gasteiger partial charge in [-0.1, -0.05) is 6.07 Å². The Bertz CT molecular complexity index is 981. The Balaban J connectivity index is 1.49. The largest absolute Gasteiger partial charge is 0.493 e. The van der Waals surface area contributed by atoms with Gasteiger partial charge >= 0.3 is 0 Å². The third kappa shape index (κ3) is 5.01. The molecule has 2 heterocycles. The number of rotatable bonds is 10. The number of ether oxygens (including phenoxy) is 2. The fourth-order valence-corrected chi connectivity index (χ4v) is 3.87. The molecule has 30 heavy (non-hydrogen) atoms. The number of carbonyl (C=O) groups excluding carboxylic acids is 1. The Morgan fingerprint density at radius 3 is 2.83 bits per heavy atom. The number of carbonyl (C=O) groups is 1. The summed E-state index contributed by atoms with van der Waals surface area (Å²) < 4.78 is 16.8. The first-order valence-corrected chi connectivity index (χ1v) is 10.7. The summed E-state index contributed by atoms with van der Waals surface area (Å²) in [5, 5.41) is 11.7. The summed E-state index contributed by atoms with van der Waals surface area (Å²) in [5.74, 6) is 2.25. The minimum Gasteiger partial charge on any atom is -0.493 e. The predicted octanol–water partition coefficient (Wildman–Crippen LogP) is 3.75. The molecule has 2 aromatic heterocycles. The Morgan fingerprint density at radius 2 is 2.17 bits per heavy atom. The average molecular weight is 429 g/mol. The van der Waals surface area contributed by atoms with Gasteiger partial charge in [-0.3, -0.25) is 4.79 Å². The van der Waals surface area contributed by atoms with E-state index < -0.39 is 0 Å². The van der Waals surface area contributed by atoms with Gasteiger partial charge in [-0.2, -0.15) is 0 Å². The van der Waals surface area contributed by atoms with Crippen LogP contribution in [0.4, 0.5) is 0 Å². The van der Waals surface area contributed by atoms with E-state index in [4.69, 9.17) is 19.0 Å². The van der Waals surface area contributed by atoms with E-state index in [1.54, 1.807) is 13.4 Å². The zero-order valence-corrected chi connectivity index (χ0v) is 17.6. The van der Waals surface area contributed by atoms with Crippen LogP contribution in [0.2, 0.25) is 0 Å². The smallest absolute Gasteiger partial charge is 0.226 e. The number of aliphatic hydroxyl groups excluding tert-OH is 1. The van der Waals surface area contributed by atoms with E-state index >= 15 is 0 Å². The van der Waals surface area contributed by atoms with Crippen molar-refractivity contribution < 1.29 is 23.8 Å². The molecule has 8 heteroatoms. The number of aliphatic hydroxyl groups is 1. The second-order valence-electron chi connectivity index (χ2n) is 7.21. The molecule has 1 fully saturated rings. The SMILES string of the molecule is COc1ccc(CN(Cc2ccco2)C(=O)C2CC2)cc1OCc1nc(CO)cs1. The van der Waals surface area contributed by atoms with Crippen LogP contribution >= 0.6 is 11.3 Å². The first kappa shape index (κ1) is 20.4. The van der Waals surface area contributed by atoms with Gasteiger partial charge in [-0.15, -0.1) is 11.3 Å². The highest BCUT2D eigenvalue weighted by atomic mass is 32.1. The predicted molar refractivity (Wildman–Crippen MR) is 111 cm³/mol. The summed E-state index contributed by atoms with van der Waals surface area (Å²) in [7, 11) is 1.59. The topological polar surface area (TPSA) is 85.0 Å². The van der Waals surface area contributed by atoms with E-state index in [2.05, 4.69) is 4.98 Å². The third-order valence-corrected chi connectivity index (χ3v) is 5.75. The molecule has 7 nitrogen and oxygen atoms in total. The van der Waals surface area contributed by atoms with Gasteiger partial charge in [0, 0.05) is 17.8 Å². The molecule has 0 bridgehead atoms. The van der Waals surface area contributed by atoms with E-state index in [0.29, 0.717) is 30.3 Å². The Hall–Kier alpha value is -2.84. The monoisotopic (exact) mass is 428 g/mol. The van der Waals surface area contributed by atoms with E-state index in [1.807, 2.05) is 40.6 Å². The molecule has 0 radical (unpaired) electrons. The van der Waals surface area contributed by atoms with Crippen molar-refractivity contribution in [2.24, 2.45) is 5.92 Å². The molecule has 1 N–H and O–H groups in total. The molecule has 1 amide bonds. The highest BCUT2D eigenvalue weighted by Gasteiger charge is 2.33. The number of furan rings is 1. The van der Waals surface area contributed by atoms with Gasteiger partial charge in [-0.05, 0) is 42.7 Å². The molecule has 0 saturated heterocycles. The van der Waals surface area contributed by atoms with Crippen LogP contribution in [0, 0.1) is 5.92 Å². The van der Waals surface area contributed by atoms with Crippen LogP contribution in [-0.2, 0) is 31.1 Å². The maximum atomic E-state index is 12.8. The Labute approximate surface area is 178 Å². The highest BCUT2D eigenvalue weighted by Crippen LogP contribution is 2.33. The fourth-order valence-electron chi connectivity index (χ4n) is 3.17. The number of hydrogen-bond donors (Lipinski definition) is 1.